The molecule has 3 rings (SSSR count). The molecule has 2 aromatic rings. The molecule has 0 radical (unpaired) electrons. The van der Waals surface area contributed by atoms with Crippen molar-refractivity contribution >= 4 is 35.2 Å². The van der Waals surface area contributed by atoms with E-state index in [1.807, 2.05) is 13.8 Å². The first-order valence-corrected chi connectivity index (χ1v) is 13.0. The third-order valence-electron chi connectivity index (χ3n) is 6.81. The van der Waals surface area contributed by atoms with E-state index in [9.17, 15) is 23.6 Å². The summed E-state index contributed by atoms with van der Waals surface area (Å²) in [6.45, 7) is 8.04. The molecule has 0 bridgehead atoms. The maximum Gasteiger partial charge on any atom is 0.325 e. The number of fused-ring (bicyclic) bond motifs is 1. The highest BCUT2D eigenvalue weighted by Crippen LogP contribution is 2.42. The number of esters is 1. The number of amides is 2. The minimum Gasteiger partial charge on any atom is -0.484 e. The first-order chi connectivity index (χ1) is 18.2. The minimum atomic E-state index is -1.14. The number of rotatable bonds is 9. The van der Waals surface area contributed by atoms with Gasteiger partial charge in [-0.15, -0.1) is 0 Å². The number of benzene rings is 2. The topological polar surface area (TPSA) is 137 Å². The van der Waals surface area contributed by atoms with Crippen LogP contribution in [0.25, 0.3) is 0 Å². The largest absolute Gasteiger partial charge is 0.484 e. The van der Waals surface area contributed by atoms with Crippen molar-refractivity contribution in [3.8, 4) is 5.75 Å². The number of carbonyl (C=O) groups excluding carboxylic acids is 4. The van der Waals surface area contributed by atoms with Gasteiger partial charge in [0.05, 0.1) is 17.1 Å². The smallest absolute Gasteiger partial charge is 0.325 e. The average Bonchev–Trinajstić information content (AvgIpc) is 2.89. The fourth-order valence-corrected chi connectivity index (χ4v) is 4.39. The molecule has 210 valence electrons. The predicted octanol–water partition coefficient (Wildman–Crippen LogP) is 3.73. The molecular formula is C28H33ClFN3O6. The van der Waals surface area contributed by atoms with Crippen molar-refractivity contribution in [2.45, 2.75) is 64.8 Å². The molecule has 1 aliphatic rings. The van der Waals surface area contributed by atoms with E-state index in [2.05, 4.69) is 10.6 Å². The summed E-state index contributed by atoms with van der Waals surface area (Å²) in [4.78, 5) is 50.5. The number of hydrogen-bond acceptors (Lipinski definition) is 7. The van der Waals surface area contributed by atoms with Crippen LogP contribution in [0, 0.1) is 11.7 Å². The Bertz CT molecular complexity index is 1280. The van der Waals surface area contributed by atoms with Gasteiger partial charge in [0.15, 0.2) is 11.9 Å². The van der Waals surface area contributed by atoms with Gasteiger partial charge >= 0.3 is 5.97 Å². The standard InChI is InChI=1S/C28H33ClFN3O6/c1-6-14(2)23(31)27(37)32-13-22(35)38-25-24(33-26(36)17-7-9-20(30)19(29)12-17)18-11-16(15(3)34)8-10-21(18)39-28(25,4)5/h7-12,14,23-25H,6,13,31H2,1-5H3,(H,32,37)(H,33,36)/t14-,23-,24+,25-/m0/s1. The SMILES string of the molecule is CC[C@H](C)[C@H](N)C(=O)NCC(=O)O[C@H]1[C@H](NC(=O)c2ccc(F)c(Cl)c2)c2cc(C(C)=O)ccc2OC1(C)C. The summed E-state index contributed by atoms with van der Waals surface area (Å²) in [5, 5.41) is 5.08. The predicted molar refractivity (Wildman–Crippen MR) is 143 cm³/mol. The molecular weight excluding hydrogens is 529 g/mol. The number of Topliss-reactive ketones (excluding diaryl/α,β-unsaturated/α-hetero) is 1. The van der Waals surface area contributed by atoms with Gasteiger partial charge in [-0.25, -0.2) is 4.39 Å². The average molecular weight is 562 g/mol. The van der Waals surface area contributed by atoms with E-state index < -0.39 is 53.9 Å². The lowest BCUT2D eigenvalue weighted by atomic mass is 9.85. The highest BCUT2D eigenvalue weighted by Gasteiger charge is 2.47. The molecule has 0 unspecified atom stereocenters. The first-order valence-electron chi connectivity index (χ1n) is 12.6. The first kappa shape index (κ1) is 30.0. The second kappa shape index (κ2) is 12.1. The van der Waals surface area contributed by atoms with Gasteiger partial charge in [0.25, 0.3) is 5.91 Å². The molecule has 0 spiro atoms. The Morgan fingerprint density at radius 2 is 1.82 bits per heavy atom. The quantitative estimate of drug-likeness (QED) is 0.313. The van der Waals surface area contributed by atoms with Crippen molar-refractivity contribution in [3.63, 3.8) is 0 Å². The molecule has 2 amide bonds. The number of nitrogens with two attached hydrogens (primary N) is 1. The van der Waals surface area contributed by atoms with Crippen LogP contribution >= 0.6 is 11.6 Å². The van der Waals surface area contributed by atoms with Crippen molar-refractivity contribution < 1.29 is 33.0 Å². The molecule has 1 aliphatic heterocycles. The second-order valence-corrected chi connectivity index (χ2v) is 10.5. The third kappa shape index (κ3) is 6.93. The van der Waals surface area contributed by atoms with E-state index >= 15 is 0 Å². The normalized spacial score (nSPS) is 19.1. The van der Waals surface area contributed by atoms with E-state index in [0.29, 0.717) is 23.3 Å². The lowest BCUT2D eigenvalue weighted by Gasteiger charge is -2.44. The van der Waals surface area contributed by atoms with E-state index in [-0.39, 0.29) is 22.3 Å². The van der Waals surface area contributed by atoms with Crippen LogP contribution in [0.5, 0.6) is 5.75 Å². The zero-order chi connectivity index (χ0) is 29.1. The minimum absolute atomic E-state index is 0.0753. The number of carbonyl (C=O) groups is 4. The fraction of sp³-hybridized carbons (Fsp3) is 0.429. The lowest BCUT2D eigenvalue weighted by Crippen LogP contribution is -2.56. The monoisotopic (exact) mass is 561 g/mol. The highest BCUT2D eigenvalue weighted by molar-refractivity contribution is 6.31. The van der Waals surface area contributed by atoms with Gasteiger partial charge in [-0.05, 0) is 63.1 Å². The Balaban J connectivity index is 1.92. The zero-order valence-corrected chi connectivity index (χ0v) is 23.2. The summed E-state index contributed by atoms with van der Waals surface area (Å²) in [5.74, 6) is -2.49. The van der Waals surface area contributed by atoms with Crippen molar-refractivity contribution in [1.82, 2.24) is 10.6 Å². The maximum atomic E-state index is 13.7. The van der Waals surface area contributed by atoms with Crippen LogP contribution < -0.4 is 21.1 Å². The summed E-state index contributed by atoms with van der Waals surface area (Å²) in [5.41, 5.74) is 5.63. The summed E-state index contributed by atoms with van der Waals surface area (Å²) >= 11 is 5.87. The highest BCUT2D eigenvalue weighted by atomic mass is 35.5. The Hall–Kier alpha value is -3.50. The lowest BCUT2D eigenvalue weighted by molar-refractivity contribution is -0.164. The van der Waals surface area contributed by atoms with E-state index in [1.165, 1.54) is 19.1 Å². The van der Waals surface area contributed by atoms with E-state index in [4.69, 9.17) is 26.8 Å². The summed E-state index contributed by atoms with van der Waals surface area (Å²) in [7, 11) is 0. The van der Waals surface area contributed by atoms with Gasteiger partial charge in [0, 0.05) is 16.7 Å². The number of hydrogen-bond donors (Lipinski definition) is 3. The van der Waals surface area contributed by atoms with Crippen molar-refractivity contribution in [3.05, 3.63) is 63.9 Å². The Labute approximate surface area is 231 Å². The van der Waals surface area contributed by atoms with Crippen LogP contribution in [0.1, 0.15) is 73.4 Å². The molecule has 1 heterocycles. The van der Waals surface area contributed by atoms with Crippen LogP contribution in [0.15, 0.2) is 36.4 Å². The summed E-state index contributed by atoms with van der Waals surface area (Å²) < 4.78 is 25.6. The molecule has 0 saturated carbocycles. The van der Waals surface area contributed by atoms with Gasteiger partial charge in [-0.2, -0.15) is 0 Å². The zero-order valence-electron chi connectivity index (χ0n) is 22.5. The molecule has 11 heteroatoms. The molecule has 4 N–H and O–H groups in total. The number of ketones is 1. The molecule has 2 aromatic carbocycles. The van der Waals surface area contributed by atoms with Gasteiger partial charge in [0.2, 0.25) is 5.91 Å². The molecule has 4 atom stereocenters. The number of nitrogens with one attached hydrogen (secondary N) is 2. The van der Waals surface area contributed by atoms with Gasteiger partial charge < -0.3 is 25.8 Å². The van der Waals surface area contributed by atoms with Gasteiger partial charge in [-0.3, -0.25) is 19.2 Å². The molecule has 0 aliphatic carbocycles. The molecule has 9 nitrogen and oxygen atoms in total. The third-order valence-corrected chi connectivity index (χ3v) is 7.10. The van der Waals surface area contributed by atoms with Crippen LogP contribution in [0.3, 0.4) is 0 Å². The summed E-state index contributed by atoms with van der Waals surface area (Å²) in [6.07, 6.45) is -0.394. The second-order valence-electron chi connectivity index (χ2n) is 10.1. The Kier molecular flexibility index (Phi) is 9.34. The Morgan fingerprint density at radius 1 is 1.15 bits per heavy atom. The van der Waals surface area contributed by atoms with E-state index in [0.717, 1.165) is 6.07 Å². The summed E-state index contributed by atoms with van der Waals surface area (Å²) in [6, 6.07) is 6.52. The van der Waals surface area contributed by atoms with Crippen molar-refractivity contribution in [2.75, 3.05) is 6.54 Å². The number of ether oxygens (including phenoxy) is 2. The molecule has 39 heavy (non-hydrogen) atoms. The van der Waals surface area contributed by atoms with Gasteiger partial charge in [0.1, 0.15) is 23.7 Å². The van der Waals surface area contributed by atoms with Crippen molar-refractivity contribution in [1.29, 1.82) is 0 Å². The fourth-order valence-electron chi connectivity index (χ4n) is 4.21. The molecule has 0 fully saturated rings. The van der Waals surface area contributed by atoms with Crippen LogP contribution in [-0.2, 0) is 14.3 Å². The van der Waals surface area contributed by atoms with Crippen LogP contribution in [0.4, 0.5) is 4.39 Å². The van der Waals surface area contributed by atoms with Crippen LogP contribution in [0.2, 0.25) is 5.02 Å². The molecule has 0 aromatic heterocycles. The molecule has 0 saturated heterocycles. The Morgan fingerprint density at radius 3 is 2.44 bits per heavy atom. The maximum absolute atomic E-state index is 13.7. The number of halogens is 2. The van der Waals surface area contributed by atoms with Crippen molar-refractivity contribution in [2.24, 2.45) is 11.7 Å². The van der Waals surface area contributed by atoms with E-state index in [1.54, 1.807) is 32.0 Å². The van der Waals surface area contributed by atoms with Gasteiger partial charge in [-0.1, -0.05) is 31.9 Å². The van der Waals surface area contributed by atoms with Crippen LogP contribution in [-0.4, -0.2) is 47.9 Å².